The highest BCUT2D eigenvalue weighted by molar-refractivity contribution is 7.88. The Morgan fingerprint density at radius 2 is 1.88 bits per heavy atom. The van der Waals surface area contributed by atoms with Gasteiger partial charge in [0.2, 0.25) is 10.0 Å². The first-order valence-electron chi connectivity index (χ1n) is 5.96. The lowest BCUT2D eigenvalue weighted by Gasteiger charge is -2.24. The zero-order chi connectivity index (χ0) is 12.7. The highest BCUT2D eigenvalue weighted by atomic mass is 32.2. The topological polar surface area (TPSA) is 70.2 Å². The van der Waals surface area contributed by atoms with Gasteiger partial charge >= 0.3 is 0 Å². The molecule has 0 saturated heterocycles. The molecule has 0 aromatic heterocycles. The van der Waals surface area contributed by atoms with Gasteiger partial charge in [-0.25, -0.2) is 13.1 Å². The van der Waals surface area contributed by atoms with Crippen LogP contribution < -0.4 is 15.4 Å². The Balaban J connectivity index is 2.08. The minimum Gasteiger partial charge on any atom is -0.361 e. The summed E-state index contributed by atoms with van der Waals surface area (Å²) >= 11 is 5.14. The van der Waals surface area contributed by atoms with E-state index < -0.39 is 10.0 Å². The molecule has 0 aromatic rings. The fourth-order valence-corrected chi connectivity index (χ4v) is 2.64. The number of rotatable bonds is 5. The third kappa shape index (κ3) is 7.51. The summed E-state index contributed by atoms with van der Waals surface area (Å²) < 4.78 is 24.0. The van der Waals surface area contributed by atoms with E-state index in [9.17, 15) is 8.42 Å². The Kier molecular flexibility index (Phi) is 6.15. The number of hydrogen-bond donors (Lipinski definition) is 3. The molecule has 1 aliphatic rings. The van der Waals surface area contributed by atoms with Crippen LogP contribution in [0.1, 0.15) is 32.1 Å². The molecule has 17 heavy (non-hydrogen) atoms. The van der Waals surface area contributed by atoms with Gasteiger partial charge in [0.1, 0.15) is 0 Å². The number of sulfonamides is 1. The van der Waals surface area contributed by atoms with E-state index in [1.165, 1.54) is 32.1 Å². The van der Waals surface area contributed by atoms with Gasteiger partial charge < -0.3 is 10.6 Å². The predicted octanol–water partition coefficient (Wildman–Crippen LogP) is 0.332. The van der Waals surface area contributed by atoms with E-state index in [2.05, 4.69) is 15.4 Å². The van der Waals surface area contributed by atoms with Crippen molar-refractivity contribution in [1.29, 1.82) is 0 Å². The zero-order valence-corrected chi connectivity index (χ0v) is 11.8. The Morgan fingerprint density at radius 1 is 1.24 bits per heavy atom. The fraction of sp³-hybridized carbons (Fsp3) is 0.900. The van der Waals surface area contributed by atoms with Crippen molar-refractivity contribution in [3.8, 4) is 0 Å². The van der Waals surface area contributed by atoms with Crippen molar-refractivity contribution in [1.82, 2.24) is 15.4 Å². The van der Waals surface area contributed by atoms with E-state index in [4.69, 9.17) is 12.2 Å². The Bertz CT molecular complexity index is 337. The van der Waals surface area contributed by atoms with Crippen LogP contribution in [0.2, 0.25) is 0 Å². The van der Waals surface area contributed by atoms with E-state index in [0.717, 1.165) is 6.26 Å². The second-order valence-corrected chi connectivity index (χ2v) is 6.64. The fourth-order valence-electron chi connectivity index (χ4n) is 1.90. The van der Waals surface area contributed by atoms with Crippen molar-refractivity contribution in [2.24, 2.45) is 0 Å². The van der Waals surface area contributed by atoms with Crippen LogP contribution in [0.15, 0.2) is 0 Å². The first kappa shape index (κ1) is 14.7. The van der Waals surface area contributed by atoms with Gasteiger partial charge in [-0.05, 0) is 25.1 Å². The quantitative estimate of drug-likeness (QED) is 0.500. The average Bonchev–Trinajstić information content (AvgIpc) is 2.25. The first-order valence-corrected chi connectivity index (χ1v) is 8.26. The minimum absolute atomic E-state index is 0.352. The van der Waals surface area contributed by atoms with Gasteiger partial charge in [0.15, 0.2) is 5.11 Å². The lowest BCUT2D eigenvalue weighted by Crippen LogP contribution is -2.44. The van der Waals surface area contributed by atoms with Gasteiger partial charge in [0.05, 0.1) is 6.26 Å². The SMILES string of the molecule is CS(=O)(=O)NCCNC(=S)NC1CCCCC1. The molecular formula is C10H21N3O2S2. The third-order valence-electron chi connectivity index (χ3n) is 2.72. The van der Waals surface area contributed by atoms with Crippen molar-refractivity contribution in [2.75, 3.05) is 19.3 Å². The van der Waals surface area contributed by atoms with Gasteiger partial charge in [0, 0.05) is 19.1 Å². The number of nitrogens with one attached hydrogen (secondary N) is 3. The average molecular weight is 279 g/mol. The summed E-state index contributed by atoms with van der Waals surface area (Å²) in [6, 6.07) is 0.478. The number of thiocarbonyl (C=S) groups is 1. The maximum atomic E-state index is 10.8. The van der Waals surface area contributed by atoms with Crippen molar-refractivity contribution in [3.05, 3.63) is 0 Å². The van der Waals surface area contributed by atoms with Gasteiger partial charge in [0.25, 0.3) is 0 Å². The maximum Gasteiger partial charge on any atom is 0.208 e. The Labute approximate surface area is 109 Å². The number of hydrogen-bond acceptors (Lipinski definition) is 3. The lowest BCUT2D eigenvalue weighted by atomic mass is 9.96. The van der Waals surface area contributed by atoms with Gasteiger partial charge in [-0.3, -0.25) is 0 Å². The summed E-state index contributed by atoms with van der Waals surface area (Å²) in [6.07, 6.45) is 7.32. The molecule has 0 heterocycles. The van der Waals surface area contributed by atoms with E-state index >= 15 is 0 Å². The van der Waals surface area contributed by atoms with Gasteiger partial charge in [-0.15, -0.1) is 0 Å². The summed E-state index contributed by atoms with van der Waals surface area (Å²) in [5.74, 6) is 0. The molecule has 100 valence electrons. The largest absolute Gasteiger partial charge is 0.361 e. The molecule has 0 bridgehead atoms. The van der Waals surface area contributed by atoms with Crippen LogP contribution in [0.5, 0.6) is 0 Å². The lowest BCUT2D eigenvalue weighted by molar-refractivity contribution is 0.412. The molecule has 0 amide bonds. The first-order chi connectivity index (χ1) is 7.97. The molecule has 0 aliphatic heterocycles. The molecule has 7 heteroatoms. The van der Waals surface area contributed by atoms with Crippen molar-refractivity contribution >= 4 is 27.4 Å². The van der Waals surface area contributed by atoms with Crippen LogP contribution in [0, 0.1) is 0 Å². The van der Waals surface area contributed by atoms with Crippen LogP contribution in [-0.4, -0.2) is 38.9 Å². The molecule has 0 aromatic carbocycles. The smallest absolute Gasteiger partial charge is 0.208 e. The molecule has 1 aliphatic carbocycles. The van der Waals surface area contributed by atoms with Gasteiger partial charge in [-0.2, -0.15) is 0 Å². The molecule has 0 spiro atoms. The molecule has 0 radical (unpaired) electrons. The van der Waals surface area contributed by atoms with Crippen LogP contribution >= 0.6 is 12.2 Å². The van der Waals surface area contributed by atoms with Gasteiger partial charge in [-0.1, -0.05) is 19.3 Å². The Morgan fingerprint density at radius 3 is 2.47 bits per heavy atom. The molecule has 0 atom stereocenters. The second-order valence-electron chi connectivity index (χ2n) is 4.40. The van der Waals surface area contributed by atoms with E-state index in [1.54, 1.807) is 0 Å². The summed E-state index contributed by atoms with van der Waals surface area (Å²) in [6.45, 7) is 0.858. The second kappa shape index (κ2) is 7.13. The van der Waals surface area contributed by atoms with E-state index in [0.29, 0.717) is 24.2 Å². The summed E-state index contributed by atoms with van der Waals surface area (Å²) in [4.78, 5) is 0. The molecular weight excluding hydrogens is 258 g/mol. The van der Waals surface area contributed by atoms with E-state index in [-0.39, 0.29) is 0 Å². The highest BCUT2D eigenvalue weighted by Gasteiger charge is 2.13. The van der Waals surface area contributed by atoms with Crippen LogP contribution in [0.25, 0.3) is 0 Å². The molecule has 1 rings (SSSR count). The van der Waals surface area contributed by atoms with Crippen LogP contribution in [0.3, 0.4) is 0 Å². The molecule has 1 saturated carbocycles. The van der Waals surface area contributed by atoms with Crippen molar-refractivity contribution < 1.29 is 8.42 Å². The molecule has 0 unspecified atom stereocenters. The molecule has 3 N–H and O–H groups in total. The zero-order valence-electron chi connectivity index (χ0n) is 10.2. The van der Waals surface area contributed by atoms with Crippen molar-refractivity contribution in [2.45, 2.75) is 38.1 Å². The predicted molar refractivity (Wildman–Crippen MR) is 73.5 cm³/mol. The molecule has 1 fully saturated rings. The van der Waals surface area contributed by atoms with E-state index in [1.807, 2.05) is 0 Å². The normalized spacial score (nSPS) is 17.7. The summed E-state index contributed by atoms with van der Waals surface area (Å²) in [5.41, 5.74) is 0. The van der Waals surface area contributed by atoms with Crippen molar-refractivity contribution in [3.63, 3.8) is 0 Å². The third-order valence-corrected chi connectivity index (χ3v) is 3.71. The summed E-state index contributed by atoms with van der Waals surface area (Å²) in [5, 5.41) is 6.87. The van der Waals surface area contributed by atoms with Crippen LogP contribution in [0.4, 0.5) is 0 Å². The summed E-state index contributed by atoms with van der Waals surface area (Å²) in [7, 11) is -3.10. The molecule has 5 nitrogen and oxygen atoms in total. The standard InChI is InChI=1S/C10H21N3O2S2/c1-17(14,15)12-8-7-11-10(16)13-9-5-3-2-4-6-9/h9,12H,2-8H2,1H3,(H2,11,13,16). The van der Waals surface area contributed by atoms with Crippen LogP contribution in [-0.2, 0) is 10.0 Å². The monoisotopic (exact) mass is 279 g/mol. The Hall–Kier alpha value is -0.400. The maximum absolute atomic E-state index is 10.8. The minimum atomic E-state index is -3.10. The highest BCUT2D eigenvalue weighted by Crippen LogP contribution is 2.16.